The minimum Gasteiger partial charge on any atom is -0.452 e. The zero-order valence-corrected chi connectivity index (χ0v) is 14.4. The van der Waals surface area contributed by atoms with Crippen molar-refractivity contribution >= 4 is 62.3 Å². The van der Waals surface area contributed by atoms with Gasteiger partial charge in [0.15, 0.2) is 6.61 Å². The predicted octanol–water partition coefficient (Wildman–Crippen LogP) is 4.40. The van der Waals surface area contributed by atoms with Crippen molar-refractivity contribution in [1.82, 2.24) is 4.98 Å². The molecule has 0 aliphatic carbocycles. The molecule has 1 heterocycles. The lowest BCUT2D eigenvalue weighted by molar-refractivity contribution is -0.119. The molecule has 0 atom stereocenters. The number of nitrogens with one attached hydrogen (secondary N) is 1. The van der Waals surface area contributed by atoms with Gasteiger partial charge in [-0.1, -0.05) is 23.2 Å². The number of hydrogen-bond donors (Lipinski definition) is 1. The summed E-state index contributed by atoms with van der Waals surface area (Å²) in [5.41, 5.74) is 3.23. The van der Waals surface area contributed by atoms with Crippen LogP contribution in [0.15, 0.2) is 41.9 Å². The summed E-state index contributed by atoms with van der Waals surface area (Å²) < 4.78 is 5.89. The summed E-state index contributed by atoms with van der Waals surface area (Å²) in [5, 5.41) is 3.32. The zero-order valence-electron chi connectivity index (χ0n) is 12.1. The number of anilines is 1. The summed E-state index contributed by atoms with van der Waals surface area (Å²) in [7, 11) is 0. The van der Waals surface area contributed by atoms with E-state index < -0.39 is 18.5 Å². The minimum atomic E-state index is -0.586. The standard InChI is InChI=1S/C16H10Cl2N2O3S/c17-10-2-3-11(18)13(6-10)20-15(21)7-23-16(22)9-1-4-12-14(5-9)24-8-19-12/h1-6,8H,7H2,(H,20,21). The van der Waals surface area contributed by atoms with Gasteiger partial charge < -0.3 is 10.1 Å². The van der Waals surface area contributed by atoms with E-state index in [2.05, 4.69) is 10.3 Å². The maximum atomic E-state index is 12.0. The largest absolute Gasteiger partial charge is 0.452 e. The Morgan fingerprint density at radius 3 is 2.83 bits per heavy atom. The maximum absolute atomic E-state index is 12.0. The fourth-order valence-electron chi connectivity index (χ4n) is 1.98. The van der Waals surface area contributed by atoms with Gasteiger partial charge in [0.25, 0.3) is 5.91 Å². The molecule has 8 heteroatoms. The van der Waals surface area contributed by atoms with Crippen LogP contribution in [0.3, 0.4) is 0 Å². The van der Waals surface area contributed by atoms with Crippen molar-refractivity contribution in [2.75, 3.05) is 11.9 Å². The van der Waals surface area contributed by atoms with Crippen molar-refractivity contribution in [3.63, 3.8) is 0 Å². The fraction of sp³-hybridized carbons (Fsp3) is 0.0625. The van der Waals surface area contributed by atoms with Crippen molar-refractivity contribution in [1.29, 1.82) is 0 Å². The third-order valence-corrected chi connectivity index (χ3v) is 4.46. The van der Waals surface area contributed by atoms with E-state index in [4.69, 9.17) is 27.9 Å². The molecule has 0 bridgehead atoms. The lowest BCUT2D eigenvalue weighted by atomic mass is 10.2. The molecule has 0 saturated heterocycles. The third-order valence-electron chi connectivity index (χ3n) is 3.10. The van der Waals surface area contributed by atoms with E-state index in [1.807, 2.05) is 0 Å². The van der Waals surface area contributed by atoms with E-state index >= 15 is 0 Å². The van der Waals surface area contributed by atoms with Crippen LogP contribution in [-0.4, -0.2) is 23.5 Å². The number of benzene rings is 2. The summed E-state index contributed by atoms with van der Waals surface area (Å²) in [5.74, 6) is -1.09. The first kappa shape index (κ1) is 16.7. The molecule has 1 amide bonds. The first-order valence-electron chi connectivity index (χ1n) is 6.78. The van der Waals surface area contributed by atoms with Crippen molar-refractivity contribution < 1.29 is 14.3 Å². The van der Waals surface area contributed by atoms with Crippen LogP contribution in [0.25, 0.3) is 10.2 Å². The van der Waals surface area contributed by atoms with E-state index in [9.17, 15) is 9.59 Å². The average molecular weight is 381 g/mol. The molecule has 0 spiro atoms. The van der Waals surface area contributed by atoms with E-state index in [0.29, 0.717) is 21.3 Å². The van der Waals surface area contributed by atoms with Gasteiger partial charge in [0, 0.05) is 5.02 Å². The molecular formula is C16H10Cl2N2O3S. The second-order valence-corrected chi connectivity index (χ2v) is 6.51. The van der Waals surface area contributed by atoms with Crippen LogP contribution >= 0.6 is 34.5 Å². The highest BCUT2D eigenvalue weighted by molar-refractivity contribution is 7.16. The van der Waals surface area contributed by atoms with Gasteiger partial charge in [-0.25, -0.2) is 9.78 Å². The first-order chi connectivity index (χ1) is 11.5. The van der Waals surface area contributed by atoms with E-state index in [1.54, 1.807) is 35.8 Å². The summed E-state index contributed by atoms with van der Waals surface area (Å²) in [6, 6.07) is 9.71. The number of hydrogen-bond acceptors (Lipinski definition) is 5. The molecular weight excluding hydrogens is 371 g/mol. The number of carbonyl (C=O) groups is 2. The highest BCUT2D eigenvalue weighted by Crippen LogP contribution is 2.25. The minimum absolute atomic E-state index is 0.342. The van der Waals surface area contributed by atoms with Crippen molar-refractivity contribution in [3.8, 4) is 0 Å². The third kappa shape index (κ3) is 3.84. The second-order valence-electron chi connectivity index (χ2n) is 4.78. The predicted molar refractivity (Wildman–Crippen MR) is 95.0 cm³/mol. The first-order valence-corrected chi connectivity index (χ1v) is 8.42. The average Bonchev–Trinajstić information content (AvgIpc) is 3.03. The van der Waals surface area contributed by atoms with Crippen LogP contribution in [0, 0.1) is 0 Å². The van der Waals surface area contributed by atoms with E-state index in [-0.39, 0.29) is 0 Å². The van der Waals surface area contributed by atoms with Crippen LogP contribution in [-0.2, 0) is 9.53 Å². The number of nitrogens with zero attached hydrogens (tertiary/aromatic N) is 1. The van der Waals surface area contributed by atoms with Crippen LogP contribution in [0.4, 0.5) is 5.69 Å². The SMILES string of the molecule is O=C(COC(=O)c1ccc2ncsc2c1)Nc1cc(Cl)ccc1Cl. The molecule has 5 nitrogen and oxygen atoms in total. The Bertz CT molecular complexity index is 927. The van der Waals surface area contributed by atoms with Crippen molar-refractivity contribution in [3.05, 3.63) is 57.5 Å². The number of carbonyl (C=O) groups excluding carboxylic acids is 2. The van der Waals surface area contributed by atoms with E-state index in [1.165, 1.54) is 17.4 Å². The van der Waals surface area contributed by atoms with Crippen molar-refractivity contribution in [2.45, 2.75) is 0 Å². The van der Waals surface area contributed by atoms with Crippen LogP contribution in [0.1, 0.15) is 10.4 Å². The normalized spacial score (nSPS) is 10.6. The number of esters is 1. The number of aromatic nitrogens is 1. The summed E-state index contributed by atoms with van der Waals surface area (Å²) in [6.07, 6.45) is 0. The Morgan fingerprint density at radius 2 is 2.00 bits per heavy atom. The lowest BCUT2D eigenvalue weighted by Gasteiger charge is -2.08. The summed E-state index contributed by atoms with van der Waals surface area (Å²) in [4.78, 5) is 28.0. The summed E-state index contributed by atoms with van der Waals surface area (Å²) in [6.45, 7) is -0.428. The summed E-state index contributed by atoms with van der Waals surface area (Å²) >= 11 is 13.2. The Kier molecular flexibility index (Phi) is 4.99. The van der Waals surface area contributed by atoms with Gasteiger partial charge in [-0.05, 0) is 36.4 Å². The monoisotopic (exact) mass is 380 g/mol. The quantitative estimate of drug-likeness (QED) is 0.681. The van der Waals surface area contributed by atoms with Gasteiger partial charge in [0.1, 0.15) is 0 Å². The zero-order chi connectivity index (χ0) is 17.1. The van der Waals surface area contributed by atoms with E-state index in [0.717, 1.165) is 10.2 Å². The lowest BCUT2D eigenvalue weighted by Crippen LogP contribution is -2.21. The van der Waals surface area contributed by atoms with Gasteiger partial charge in [-0.15, -0.1) is 11.3 Å². The fourth-order valence-corrected chi connectivity index (χ4v) is 3.03. The molecule has 0 radical (unpaired) electrons. The number of thiazole rings is 1. The van der Waals surface area contributed by atoms with Gasteiger partial charge >= 0.3 is 5.97 Å². The van der Waals surface area contributed by atoms with Gasteiger partial charge in [-0.3, -0.25) is 4.79 Å². The molecule has 0 aliphatic heterocycles. The van der Waals surface area contributed by atoms with Crippen LogP contribution < -0.4 is 5.32 Å². The molecule has 0 unspecified atom stereocenters. The number of halogens is 2. The van der Waals surface area contributed by atoms with Crippen LogP contribution in [0.2, 0.25) is 10.0 Å². The molecule has 3 aromatic rings. The maximum Gasteiger partial charge on any atom is 0.338 e. The van der Waals surface area contributed by atoms with Crippen LogP contribution in [0.5, 0.6) is 0 Å². The Balaban J connectivity index is 1.61. The number of rotatable bonds is 4. The molecule has 0 saturated carbocycles. The molecule has 3 rings (SSSR count). The molecule has 24 heavy (non-hydrogen) atoms. The smallest absolute Gasteiger partial charge is 0.338 e. The van der Waals surface area contributed by atoms with Crippen molar-refractivity contribution in [2.24, 2.45) is 0 Å². The number of ether oxygens (including phenoxy) is 1. The molecule has 2 aromatic carbocycles. The number of fused-ring (bicyclic) bond motifs is 1. The molecule has 0 fully saturated rings. The van der Waals surface area contributed by atoms with Gasteiger partial charge in [0.05, 0.1) is 32.0 Å². The molecule has 1 N–H and O–H groups in total. The Morgan fingerprint density at radius 1 is 1.17 bits per heavy atom. The Labute approximate surface area is 151 Å². The number of amides is 1. The highest BCUT2D eigenvalue weighted by atomic mass is 35.5. The van der Waals surface area contributed by atoms with Gasteiger partial charge in [-0.2, -0.15) is 0 Å². The highest BCUT2D eigenvalue weighted by Gasteiger charge is 2.13. The molecule has 122 valence electrons. The topological polar surface area (TPSA) is 68.3 Å². The second kappa shape index (κ2) is 7.17. The Hall–Kier alpha value is -2.15. The molecule has 0 aliphatic rings. The van der Waals surface area contributed by atoms with Gasteiger partial charge in [0.2, 0.25) is 0 Å². The molecule has 1 aromatic heterocycles.